The summed E-state index contributed by atoms with van der Waals surface area (Å²) in [5, 5.41) is 3.20. The molecule has 3 rings (SSSR count). The van der Waals surface area contributed by atoms with Crippen LogP contribution in [0.5, 0.6) is 5.75 Å². The molecule has 0 bridgehead atoms. The number of ether oxygens (including phenoxy) is 1. The summed E-state index contributed by atoms with van der Waals surface area (Å²) < 4.78 is 28.5. The molecule has 2 aromatic rings. The highest BCUT2D eigenvalue weighted by molar-refractivity contribution is 7.91. The maximum absolute atomic E-state index is 11.7. The van der Waals surface area contributed by atoms with E-state index < -0.39 is 9.84 Å². The lowest BCUT2D eigenvalue weighted by Crippen LogP contribution is -2.33. The molecule has 0 saturated carbocycles. The van der Waals surface area contributed by atoms with Gasteiger partial charge in [0, 0.05) is 30.9 Å². The highest BCUT2D eigenvalue weighted by atomic mass is 32.2. The summed E-state index contributed by atoms with van der Waals surface area (Å²) in [5.41, 5.74) is 0.852. The second kappa shape index (κ2) is 6.64. The molecule has 24 heavy (non-hydrogen) atoms. The van der Waals surface area contributed by atoms with Crippen LogP contribution in [0.1, 0.15) is 6.42 Å². The number of aromatic nitrogens is 2. The molecule has 1 aromatic carbocycles. The van der Waals surface area contributed by atoms with Crippen LogP contribution in [0.15, 0.2) is 36.7 Å². The van der Waals surface area contributed by atoms with Crippen molar-refractivity contribution in [2.24, 2.45) is 0 Å². The molecule has 1 atom stereocenters. The van der Waals surface area contributed by atoms with E-state index in [0.29, 0.717) is 18.1 Å². The SMILES string of the molecule is COc1cccc(Nc2cc(N(C)C3CCS(=O)(=O)C3)ncn2)c1. The lowest BCUT2D eigenvalue weighted by atomic mass is 10.2. The smallest absolute Gasteiger partial charge is 0.152 e. The van der Waals surface area contributed by atoms with Crippen LogP contribution in [0.3, 0.4) is 0 Å². The molecule has 1 fully saturated rings. The third-order valence-electron chi connectivity index (χ3n) is 4.11. The van der Waals surface area contributed by atoms with E-state index in [1.807, 2.05) is 42.3 Å². The van der Waals surface area contributed by atoms with Crippen molar-refractivity contribution in [1.82, 2.24) is 9.97 Å². The molecule has 7 nitrogen and oxygen atoms in total. The number of benzene rings is 1. The molecule has 128 valence electrons. The Morgan fingerprint density at radius 3 is 2.83 bits per heavy atom. The number of nitrogens with one attached hydrogen (secondary N) is 1. The highest BCUT2D eigenvalue weighted by Crippen LogP contribution is 2.24. The van der Waals surface area contributed by atoms with E-state index in [1.54, 1.807) is 7.11 Å². The number of sulfone groups is 1. The van der Waals surface area contributed by atoms with Crippen molar-refractivity contribution in [3.8, 4) is 5.75 Å². The fourth-order valence-electron chi connectivity index (χ4n) is 2.72. The molecular formula is C16H20N4O3S. The molecule has 8 heteroatoms. The first-order chi connectivity index (χ1) is 11.5. The number of hydrogen-bond acceptors (Lipinski definition) is 7. The van der Waals surface area contributed by atoms with Gasteiger partial charge < -0.3 is 15.0 Å². The van der Waals surface area contributed by atoms with Crippen LogP contribution in [0.4, 0.5) is 17.3 Å². The number of nitrogens with zero attached hydrogens (tertiary/aromatic N) is 3. The second-order valence-electron chi connectivity index (χ2n) is 5.79. The lowest BCUT2D eigenvalue weighted by Gasteiger charge is -2.24. The first kappa shape index (κ1) is 16.5. The Kier molecular flexibility index (Phi) is 4.57. The maximum atomic E-state index is 11.7. The topological polar surface area (TPSA) is 84.4 Å². The van der Waals surface area contributed by atoms with Gasteiger partial charge in [0.25, 0.3) is 0 Å². The van der Waals surface area contributed by atoms with Crippen molar-refractivity contribution in [2.75, 3.05) is 35.9 Å². The van der Waals surface area contributed by atoms with Crippen LogP contribution in [-0.2, 0) is 9.84 Å². The van der Waals surface area contributed by atoms with Crippen molar-refractivity contribution in [3.63, 3.8) is 0 Å². The minimum Gasteiger partial charge on any atom is -0.497 e. The summed E-state index contributed by atoms with van der Waals surface area (Å²) in [5.74, 6) is 2.50. The summed E-state index contributed by atoms with van der Waals surface area (Å²) in [6, 6.07) is 9.30. The molecule has 0 radical (unpaired) electrons. The second-order valence-corrected chi connectivity index (χ2v) is 8.01. The van der Waals surface area contributed by atoms with Gasteiger partial charge in [-0.05, 0) is 18.6 Å². The van der Waals surface area contributed by atoms with Crippen LogP contribution in [-0.4, -0.2) is 50.1 Å². The third-order valence-corrected chi connectivity index (χ3v) is 5.86. The number of rotatable bonds is 5. The van der Waals surface area contributed by atoms with E-state index in [-0.39, 0.29) is 17.5 Å². The van der Waals surface area contributed by atoms with Crippen LogP contribution in [0, 0.1) is 0 Å². The van der Waals surface area contributed by atoms with Gasteiger partial charge in [-0.2, -0.15) is 0 Å². The van der Waals surface area contributed by atoms with Crippen molar-refractivity contribution in [2.45, 2.75) is 12.5 Å². The number of methoxy groups -OCH3 is 1. The normalized spacial score (nSPS) is 19.0. The summed E-state index contributed by atoms with van der Waals surface area (Å²) in [4.78, 5) is 10.4. The van der Waals surface area contributed by atoms with E-state index >= 15 is 0 Å². The Hall–Kier alpha value is -2.35. The summed E-state index contributed by atoms with van der Waals surface area (Å²) in [6.07, 6.45) is 2.10. The Bertz CT molecular complexity index is 826. The van der Waals surface area contributed by atoms with Crippen LogP contribution < -0.4 is 15.0 Å². The van der Waals surface area contributed by atoms with Crippen molar-refractivity contribution in [3.05, 3.63) is 36.7 Å². The molecule has 1 aromatic heterocycles. The Labute approximate surface area is 141 Å². The van der Waals surface area contributed by atoms with Crippen LogP contribution in [0.25, 0.3) is 0 Å². The fraction of sp³-hybridized carbons (Fsp3) is 0.375. The van der Waals surface area contributed by atoms with E-state index in [2.05, 4.69) is 15.3 Å². The summed E-state index contributed by atoms with van der Waals surface area (Å²) in [6.45, 7) is 0. The van der Waals surface area contributed by atoms with E-state index in [9.17, 15) is 8.42 Å². The van der Waals surface area contributed by atoms with Gasteiger partial charge in [-0.1, -0.05) is 6.07 Å². The third kappa shape index (κ3) is 3.76. The maximum Gasteiger partial charge on any atom is 0.152 e. The zero-order valence-electron chi connectivity index (χ0n) is 13.6. The predicted octanol–water partition coefficient (Wildman–Crippen LogP) is 1.85. The van der Waals surface area contributed by atoms with Gasteiger partial charge in [-0.3, -0.25) is 0 Å². The van der Waals surface area contributed by atoms with Gasteiger partial charge in [0.2, 0.25) is 0 Å². The van der Waals surface area contributed by atoms with Crippen LogP contribution in [0.2, 0.25) is 0 Å². The molecular weight excluding hydrogens is 328 g/mol. The van der Waals surface area contributed by atoms with E-state index in [0.717, 1.165) is 11.4 Å². The van der Waals surface area contributed by atoms with Gasteiger partial charge in [0.15, 0.2) is 9.84 Å². The molecule has 2 heterocycles. The molecule has 1 aliphatic rings. The summed E-state index contributed by atoms with van der Waals surface area (Å²) >= 11 is 0. The minimum atomic E-state index is -2.93. The zero-order valence-corrected chi connectivity index (χ0v) is 14.5. The molecule has 0 aliphatic carbocycles. The Morgan fingerprint density at radius 2 is 2.12 bits per heavy atom. The monoisotopic (exact) mass is 348 g/mol. The molecule has 0 amide bonds. The summed E-state index contributed by atoms with van der Waals surface area (Å²) in [7, 11) is 0.552. The average molecular weight is 348 g/mol. The molecule has 0 spiro atoms. The van der Waals surface area contributed by atoms with Gasteiger partial charge >= 0.3 is 0 Å². The molecule has 1 unspecified atom stereocenters. The van der Waals surface area contributed by atoms with Gasteiger partial charge in [0.05, 0.1) is 18.6 Å². The highest BCUT2D eigenvalue weighted by Gasteiger charge is 2.31. The average Bonchev–Trinajstić information content (AvgIpc) is 2.94. The van der Waals surface area contributed by atoms with Gasteiger partial charge in [-0.15, -0.1) is 0 Å². The number of hydrogen-bond donors (Lipinski definition) is 1. The van der Waals surface area contributed by atoms with Crippen molar-refractivity contribution >= 4 is 27.2 Å². The quantitative estimate of drug-likeness (QED) is 0.882. The van der Waals surface area contributed by atoms with Gasteiger partial charge in [0.1, 0.15) is 23.7 Å². The Balaban J connectivity index is 1.76. The van der Waals surface area contributed by atoms with Crippen LogP contribution >= 0.6 is 0 Å². The first-order valence-corrected chi connectivity index (χ1v) is 9.45. The first-order valence-electron chi connectivity index (χ1n) is 7.63. The van der Waals surface area contributed by atoms with E-state index in [4.69, 9.17) is 4.74 Å². The molecule has 1 aliphatic heterocycles. The van der Waals surface area contributed by atoms with Crippen molar-refractivity contribution < 1.29 is 13.2 Å². The largest absolute Gasteiger partial charge is 0.497 e. The van der Waals surface area contributed by atoms with E-state index in [1.165, 1.54) is 6.33 Å². The fourth-order valence-corrected chi connectivity index (χ4v) is 4.50. The Morgan fingerprint density at radius 1 is 1.29 bits per heavy atom. The predicted molar refractivity (Wildman–Crippen MR) is 93.8 cm³/mol. The number of anilines is 3. The zero-order chi connectivity index (χ0) is 17.2. The van der Waals surface area contributed by atoms with Gasteiger partial charge in [-0.25, -0.2) is 18.4 Å². The van der Waals surface area contributed by atoms with Crippen molar-refractivity contribution in [1.29, 1.82) is 0 Å². The minimum absolute atomic E-state index is 0.0467. The molecule has 1 N–H and O–H groups in total. The lowest BCUT2D eigenvalue weighted by molar-refractivity contribution is 0.415. The standard InChI is InChI=1S/C16H20N4O3S/c1-20(13-6-7-24(21,22)10-13)16-9-15(17-11-18-16)19-12-4-3-5-14(8-12)23-2/h3-5,8-9,11,13H,6-7,10H2,1-2H3,(H,17,18,19). The molecule has 1 saturated heterocycles.